The molecule has 0 heterocycles. The molecule has 0 bridgehead atoms. The van der Waals surface area contributed by atoms with Crippen molar-refractivity contribution in [1.29, 1.82) is 0 Å². The van der Waals surface area contributed by atoms with Crippen molar-refractivity contribution >= 4 is 11.8 Å². The summed E-state index contributed by atoms with van der Waals surface area (Å²) >= 11 is 0. The van der Waals surface area contributed by atoms with Gasteiger partial charge in [0.15, 0.2) is 5.78 Å². The van der Waals surface area contributed by atoms with Crippen LogP contribution in [0.5, 0.6) is 5.75 Å². The average molecular weight is 453 g/mol. The lowest BCUT2D eigenvalue weighted by atomic mass is 9.81. The number of ketones is 1. The lowest BCUT2D eigenvalue weighted by Gasteiger charge is -2.30. The lowest BCUT2D eigenvalue weighted by molar-refractivity contribution is -0.136. The maximum atomic E-state index is 13.6. The highest BCUT2D eigenvalue weighted by Crippen LogP contribution is 2.62. The molecule has 5 nitrogen and oxygen atoms in total. The van der Waals surface area contributed by atoms with Gasteiger partial charge in [0.1, 0.15) is 17.5 Å². The van der Waals surface area contributed by atoms with E-state index in [9.17, 15) is 14.7 Å². The van der Waals surface area contributed by atoms with Crippen LogP contribution in [0.25, 0.3) is 0 Å². The molecule has 3 aliphatic rings. The predicted octanol–water partition coefficient (Wildman–Crippen LogP) is 5.14. The lowest BCUT2D eigenvalue weighted by Crippen LogP contribution is -2.45. The highest BCUT2D eigenvalue weighted by molar-refractivity contribution is 6.02. The number of hydrogen-bond acceptors (Lipinski definition) is 5. The number of benzene rings is 1. The first-order valence-corrected chi connectivity index (χ1v) is 12.0. The van der Waals surface area contributed by atoms with Crippen LogP contribution < -0.4 is 4.74 Å². The normalized spacial score (nSPS) is 38.5. The summed E-state index contributed by atoms with van der Waals surface area (Å²) in [5.74, 6) is 0.00348. The maximum absolute atomic E-state index is 13.6. The number of aliphatic hydroxyl groups is 1. The third-order valence-corrected chi connectivity index (χ3v) is 8.28. The molecule has 178 valence electrons. The Morgan fingerprint density at radius 2 is 1.88 bits per heavy atom. The summed E-state index contributed by atoms with van der Waals surface area (Å²) in [6.45, 7) is 10.3. The van der Waals surface area contributed by atoms with Crippen molar-refractivity contribution in [2.75, 3.05) is 7.11 Å². The molecule has 0 radical (unpaired) electrons. The molecule has 1 aromatic rings. The van der Waals surface area contributed by atoms with Crippen LogP contribution in [0, 0.1) is 29.1 Å². The van der Waals surface area contributed by atoms with E-state index < -0.39 is 23.6 Å². The number of rotatable bonds is 3. The van der Waals surface area contributed by atoms with Gasteiger partial charge >= 0.3 is 5.97 Å². The molecule has 6 atom stereocenters. The van der Waals surface area contributed by atoms with Crippen molar-refractivity contribution in [3.8, 4) is 5.75 Å². The first-order valence-electron chi connectivity index (χ1n) is 12.0. The molecule has 1 aromatic carbocycles. The van der Waals surface area contributed by atoms with E-state index in [0.29, 0.717) is 28.7 Å². The van der Waals surface area contributed by atoms with Crippen LogP contribution in [0.1, 0.15) is 64.2 Å². The molecule has 0 aliphatic heterocycles. The number of esters is 1. The average Bonchev–Trinajstić information content (AvgIpc) is 3.20. The van der Waals surface area contributed by atoms with Gasteiger partial charge in [0, 0.05) is 0 Å². The Hall–Kier alpha value is -2.40. The van der Waals surface area contributed by atoms with Gasteiger partial charge in [-0.2, -0.15) is 0 Å². The van der Waals surface area contributed by atoms with E-state index in [-0.39, 0.29) is 23.5 Å². The zero-order valence-corrected chi connectivity index (χ0v) is 20.6. The molecular weight excluding hydrogens is 416 g/mol. The van der Waals surface area contributed by atoms with Gasteiger partial charge in [-0.1, -0.05) is 44.6 Å². The molecule has 33 heavy (non-hydrogen) atoms. The van der Waals surface area contributed by atoms with E-state index >= 15 is 0 Å². The van der Waals surface area contributed by atoms with Crippen LogP contribution in [0.3, 0.4) is 0 Å². The summed E-state index contributed by atoms with van der Waals surface area (Å²) < 4.78 is 11.2. The van der Waals surface area contributed by atoms with E-state index in [1.54, 1.807) is 31.4 Å². The highest BCUT2D eigenvalue weighted by atomic mass is 16.5. The summed E-state index contributed by atoms with van der Waals surface area (Å²) in [6, 6.07) is 6.83. The monoisotopic (exact) mass is 452 g/mol. The second-order valence-electron chi connectivity index (χ2n) is 10.9. The van der Waals surface area contributed by atoms with Crippen molar-refractivity contribution in [2.24, 2.45) is 29.1 Å². The number of hydrogen-bond donors (Lipinski definition) is 1. The topological polar surface area (TPSA) is 72.8 Å². The number of Topliss-reactive ketones (excluding diaryl/α,β-unsaturated/α-hetero) is 1. The van der Waals surface area contributed by atoms with Crippen LogP contribution in [0.4, 0.5) is 0 Å². The standard InChI is InChI=1S/C28H36O5/c1-16-10-11-21-22(27(21,4)5)13-17(2)25(29)28(31)15-18(3)24(23(28)12-16)33-26(30)19-8-7-9-20(14-19)32-6/h7-9,12-14,18,21-24,31H,10-11,15H2,1-6H3/b16-12-,17-13+/t18-,21-,22+,23-,24-,28+/m0/s1. The minimum Gasteiger partial charge on any atom is -0.497 e. The van der Waals surface area contributed by atoms with Crippen molar-refractivity contribution < 1.29 is 24.2 Å². The van der Waals surface area contributed by atoms with E-state index in [1.807, 2.05) is 19.9 Å². The van der Waals surface area contributed by atoms with Gasteiger partial charge in [-0.05, 0) is 80.1 Å². The Labute approximate surface area is 196 Å². The van der Waals surface area contributed by atoms with Crippen LogP contribution in [-0.4, -0.2) is 35.7 Å². The molecule has 1 N–H and O–H groups in total. The fourth-order valence-corrected chi connectivity index (χ4v) is 6.11. The number of allylic oxidation sites excluding steroid dienone is 2. The Kier molecular flexibility index (Phi) is 6.06. The van der Waals surface area contributed by atoms with Gasteiger partial charge in [-0.15, -0.1) is 0 Å². The van der Waals surface area contributed by atoms with Crippen LogP contribution in [0.2, 0.25) is 0 Å². The Bertz CT molecular complexity index is 1020. The molecule has 0 unspecified atom stereocenters. The molecule has 3 aliphatic carbocycles. The van der Waals surface area contributed by atoms with E-state index in [2.05, 4.69) is 26.8 Å². The zero-order chi connectivity index (χ0) is 24.1. The summed E-state index contributed by atoms with van der Waals surface area (Å²) in [6.07, 6.45) is 5.69. The second kappa shape index (κ2) is 8.43. The summed E-state index contributed by atoms with van der Waals surface area (Å²) in [4.78, 5) is 26.6. The van der Waals surface area contributed by atoms with E-state index in [0.717, 1.165) is 18.4 Å². The van der Waals surface area contributed by atoms with E-state index in [1.165, 1.54) is 0 Å². The summed E-state index contributed by atoms with van der Waals surface area (Å²) in [5, 5.41) is 11.8. The largest absolute Gasteiger partial charge is 0.497 e. The first kappa shape index (κ1) is 23.7. The quantitative estimate of drug-likeness (QED) is 0.508. The number of carbonyl (C=O) groups is 2. The number of methoxy groups -OCH3 is 1. The predicted molar refractivity (Wildman–Crippen MR) is 127 cm³/mol. The first-order chi connectivity index (χ1) is 15.5. The number of carbonyl (C=O) groups excluding carboxylic acids is 2. The SMILES string of the molecule is COc1cccc(C(=O)O[C@H]2[C@@H](C)C[C@]3(O)C(=O)/C(C)=C/[C@@H]4[C@H](CC/C(C)=C\[C@@H]23)C4(C)C)c1. The number of fused-ring (bicyclic) bond motifs is 2. The highest BCUT2D eigenvalue weighted by Gasteiger charge is 2.59. The van der Waals surface area contributed by atoms with Crippen LogP contribution in [0.15, 0.2) is 47.6 Å². The molecular formula is C28H36O5. The van der Waals surface area contributed by atoms with Gasteiger partial charge in [-0.25, -0.2) is 4.79 Å². The minimum atomic E-state index is -1.58. The fraction of sp³-hybridized carbons (Fsp3) is 0.571. The van der Waals surface area contributed by atoms with Crippen molar-refractivity contribution in [3.05, 3.63) is 53.1 Å². The molecule has 2 saturated carbocycles. The van der Waals surface area contributed by atoms with Gasteiger partial charge in [0.05, 0.1) is 18.6 Å². The third kappa shape index (κ3) is 4.16. The van der Waals surface area contributed by atoms with Gasteiger partial charge in [0.25, 0.3) is 0 Å². The molecule has 2 fully saturated rings. The zero-order valence-electron chi connectivity index (χ0n) is 20.6. The Morgan fingerprint density at radius 3 is 2.58 bits per heavy atom. The third-order valence-electron chi connectivity index (χ3n) is 8.28. The van der Waals surface area contributed by atoms with Crippen molar-refractivity contribution in [3.63, 3.8) is 0 Å². The van der Waals surface area contributed by atoms with E-state index in [4.69, 9.17) is 9.47 Å². The second-order valence-corrected chi connectivity index (χ2v) is 10.9. The maximum Gasteiger partial charge on any atom is 0.338 e. The summed E-state index contributed by atoms with van der Waals surface area (Å²) in [7, 11) is 1.55. The van der Waals surface area contributed by atoms with Crippen molar-refractivity contribution in [2.45, 2.75) is 65.6 Å². The smallest absolute Gasteiger partial charge is 0.338 e. The van der Waals surface area contributed by atoms with Crippen LogP contribution >= 0.6 is 0 Å². The number of ether oxygens (including phenoxy) is 2. The minimum absolute atomic E-state index is 0.164. The Morgan fingerprint density at radius 1 is 1.15 bits per heavy atom. The van der Waals surface area contributed by atoms with Gasteiger partial charge in [-0.3, -0.25) is 4.79 Å². The molecule has 0 saturated heterocycles. The molecule has 0 spiro atoms. The van der Waals surface area contributed by atoms with Gasteiger partial charge < -0.3 is 14.6 Å². The summed E-state index contributed by atoms with van der Waals surface area (Å²) in [5.41, 5.74) is 0.728. The van der Waals surface area contributed by atoms with Crippen molar-refractivity contribution in [1.82, 2.24) is 0 Å². The van der Waals surface area contributed by atoms with Gasteiger partial charge in [0.2, 0.25) is 0 Å². The Balaban J connectivity index is 1.67. The molecule has 0 amide bonds. The molecule has 4 rings (SSSR count). The molecule has 0 aromatic heterocycles. The molecule has 5 heteroatoms. The van der Waals surface area contributed by atoms with Crippen LogP contribution in [-0.2, 0) is 9.53 Å². The fourth-order valence-electron chi connectivity index (χ4n) is 6.11.